The molecule has 0 fully saturated rings. The van der Waals surface area contributed by atoms with Gasteiger partial charge in [-0.2, -0.15) is 0 Å². The number of ether oxygens (including phenoxy) is 3. The van der Waals surface area contributed by atoms with Crippen LogP contribution >= 0.6 is 22.6 Å². The van der Waals surface area contributed by atoms with Gasteiger partial charge < -0.3 is 44.7 Å². The number of nitrogens with one attached hydrogen (secondary N) is 2. The highest BCUT2D eigenvalue weighted by molar-refractivity contribution is 14.1. The fourth-order valence-electron chi connectivity index (χ4n) is 5.09. The summed E-state index contributed by atoms with van der Waals surface area (Å²) in [5.41, 5.74) is 2.84. The zero-order valence-corrected chi connectivity index (χ0v) is 25.7. The quantitative estimate of drug-likeness (QED) is 0.170. The Kier molecular flexibility index (Phi) is 11.2. The number of aromatic nitrogens is 1. The summed E-state index contributed by atoms with van der Waals surface area (Å²) >= 11 is 2.05. The van der Waals surface area contributed by atoms with E-state index in [-0.39, 0.29) is 45.2 Å². The Morgan fingerprint density at radius 2 is 1.95 bits per heavy atom. The number of para-hydroxylation sites is 1. The Morgan fingerprint density at radius 3 is 2.64 bits per heavy atom. The van der Waals surface area contributed by atoms with Crippen molar-refractivity contribution in [2.24, 2.45) is 0 Å². The van der Waals surface area contributed by atoms with Crippen molar-refractivity contribution in [1.29, 1.82) is 0 Å². The predicted octanol–water partition coefficient (Wildman–Crippen LogP) is 1.91. The second-order valence-electron chi connectivity index (χ2n) is 9.94. The highest BCUT2D eigenvalue weighted by Crippen LogP contribution is 2.37. The molecule has 226 valence electrons. The van der Waals surface area contributed by atoms with Gasteiger partial charge in [0, 0.05) is 49.8 Å². The summed E-state index contributed by atoms with van der Waals surface area (Å²) in [5, 5.41) is 34.2. The van der Waals surface area contributed by atoms with Gasteiger partial charge in [-0.05, 0) is 63.9 Å². The summed E-state index contributed by atoms with van der Waals surface area (Å²) in [4.78, 5) is 31.3. The summed E-state index contributed by atoms with van der Waals surface area (Å²) in [5.74, 6) is -0.0835. The van der Waals surface area contributed by atoms with Gasteiger partial charge in [-0.25, -0.2) is 0 Å². The molecule has 1 heterocycles. The van der Waals surface area contributed by atoms with E-state index in [0.29, 0.717) is 32.6 Å². The summed E-state index contributed by atoms with van der Waals surface area (Å²) in [6.45, 7) is -0.327. The van der Waals surface area contributed by atoms with E-state index >= 15 is 0 Å². The number of aliphatic hydroxyl groups excluding tert-OH is 3. The largest absolute Gasteiger partial charge is 0.493 e. The molecule has 3 unspecified atom stereocenters. The molecule has 11 nitrogen and oxygen atoms in total. The second kappa shape index (κ2) is 14.8. The number of benzene rings is 2. The van der Waals surface area contributed by atoms with E-state index in [9.17, 15) is 24.9 Å². The smallest absolute Gasteiger partial charge is 0.248 e. The maximum absolute atomic E-state index is 13.4. The van der Waals surface area contributed by atoms with Crippen molar-refractivity contribution >= 4 is 45.3 Å². The molecule has 12 heteroatoms. The minimum atomic E-state index is -1.21. The molecule has 42 heavy (non-hydrogen) atoms. The van der Waals surface area contributed by atoms with Crippen LogP contribution in [0.5, 0.6) is 11.5 Å². The summed E-state index contributed by atoms with van der Waals surface area (Å²) in [7, 11) is 2.90. The van der Waals surface area contributed by atoms with Crippen molar-refractivity contribution in [2.75, 3.05) is 40.5 Å². The van der Waals surface area contributed by atoms with Crippen LogP contribution < -0.4 is 14.8 Å². The van der Waals surface area contributed by atoms with Crippen molar-refractivity contribution in [3.05, 3.63) is 68.9 Å². The molecule has 5 N–H and O–H groups in total. The van der Waals surface area contributed by atoms with Crippen molar-refractivity contribution in [3.8, 4) is 11.5 Å². The average Bonchev–Trinajstić information content (AvgIpc) is 3.41. The standard InChI is InChI=1S/C30H36IN3O8/c1-40-17-27(37)34(9-7-21-13-19-5-3-4-6-23(19)33-21)24-14-20(30(39)32-8-10-35)15-25(28(24)38)42-29-22(31)11-18(16-36)12-26(29)41-2/h3-6,11-13,15,24-25,28,33,35-36,38H,7-10,14,16-17H2,1-2H3,(H,32,39). The number of hydrogen-bond donors (Lipinski definition) is 5. The topological polar surface area (TPSA) is 154 Å². The van der Waals surface area contributed by atoms with Gasteiger partial charge in [-0.3, -0.25) is 9.59 Å². The molecule has 1 aliphatic rings. The first-order chi connectivity index (χ1) is 20.3. The third-order valence-electron chi connectivity index (χ3n) is 7.14. The van der Waals surface area contributed by atoms with Crippen LogP contribution in [-0.2, 0) is 27.4 Å². The molecule has 1 aliphatic carbocycles. The Hall–Kier alpha value is -3.17. The van der Waals surface area contributed by atoms with Gasteiger partial charge >= 0.3 is 0 Å². The van der Waals surface area contributed by atoms with Gasteiger partial charge in [-0.15, -0.1) is 0 Å². The SMILES string of the molecule is COCC(=O)N(CCc1cc2ccccc2[nH]1)C1CC(C(=O)NCCO)=CC(Oc2c(I)cc(CO)cc2OC)C1O. The van der Waals surface area contributed by atoms with Crippen molar-refractivity contribution < 1.29 is 39.1 Å². The lowest BCUT2D eigenvalue weighted by Crippen LogP contribution is -2.56. The number of methoxy groups -OCH3 is 2. The Labute approximate surface area is 257 Å². The van der Waals surface area contributed by atoms with Crippen molar-refractivity contribution in [2.45, 2.75) is 37.7 Å². The van der Waals surface area contributed by atoms with Crippen molar-refractivity contribution in [1.82, 2.24) is 15.2 Å². The monoisotopic (exact) mass is 693 g/mol. The molecule has 3 aromatic rings. The number of aliphatic hydroxyl groups is 3. The minimum absolute atomic E-state index is 0.0516. The van der Waals surface area contributed by atoms with E-state index in [4.69, 9.17) is 14.2 Å². The lowest BCUT2D eigenvalue weighted by molar-refractivity contribution is -0.142. The fraction of sp³-hybridized carbons (Fsp3) is 0.400. The molecule has 0 bridgehead atoms. The Balaban J connectivity index is 1.67. The average molecular weight is 694 g/mol. The van der Waals surface area contributed by atoms with E-state index in [1.165, 1.54) is 14.2 Å². The molecule has 0 spiro atoms. The van der Waals surface area contributed by atoms with Gasteiger partial charge in [-0.1, -0.05) is 18.2 Å². The van der Waals surface area contributed by atoms with Crippen LogP contribution in [0.25, 0.3) is 10.9 Å². The molecule has 2 amide bonds. The lowest BCUT2D eigenvalue weighted by atomic mass is 9.88. The van der Waals surface area contributed by atoms with Gasteiger partial charge in [0.2, 0.25) is 11.8 Å². The van der Waals surface area contributed by atoms with E-state index in [2.05, 4.69) is 32.9 Å². The fourth-order valence-corrected chi connectivity index (χ4v) is 5.88. The van der Waals surface area contributed by atoms with E-state index in [1.807, 2.05) is 30.3 Å². The van der Waals surface area contributed by atoms with Crippen LogP contribution in [0.15, 0.2) is 54.1 Å². The van der Waals surface area contributed by atoms with Crippen LogP contribution in [0.1, 0.15) is 17.7 Å². The van der Waals surface area contributed by atoms with E-state index < -0.39 is 24.2 Å². The van der Waals surface area contributed by atoms with Crippen LogP contribution in [-0.4, -0.2) is 95.8 Å². The summed E-state index contributed by atoms with van der Waals surface area (Å²) in [6, 6.07) is 12.5. The molecule has 0 saturated carbocycles. The number of aromatic amines is 1. The van der Waals surface area contributed by atoms with Crippen LogP contribution in [0, 0.1) is 3.57 Å². The molecule has 0 aliphatic heterocycles. The first-order valence-corrected chi connectivity index (χ1v) is 14.6. The number of nitrogens with zero attached hydrogens (tertiary/aromatic N) is 1. The van der Waals surface area contributed by atoms with Gasteiger partial charge in [0.25, 0.3) is 0 Å². The van der Waals surface area contributed by atoms with Crippen LogP contribution in [0.2, 0.25) is 0 Å². The van der Waals surface area contributed by atoms with Gasteiger partial charge in [0.1, 0.15) is 18.8 Å². The van der Waals surface area contributed by atoms with E-state index in [0.717, 1.165) is 16.6 Å². The number of halogens is 1. The molecule has 1 aromatic heterocycles. The maximum atomic E-state index is 13.4. The number of hydrogen-bond acceptors (Lipinski definition) is 8. The number of rotatable bonds is 13. The number of carbonyl (C=O) groups is 2. The third-order valence-corrected chi connectivity index (χ3v) is 7.94. The Morgan fingerprint density at radius 1 is 1.17 bits per heavy atom. The van der Waals surface area contributed by atoms with Gasteiger partial charge in [0.15, 0.2) is 11.5 Å². The maximum Gasteiger partial charge on any atom is 0.248 e. The molecule has 0 radical (unpaired) electrons. The normalized spacial score (nSPS) is 18.4. The predicted molar refractivity (Wildman–Crippen MR) is 164 cm³/mol. The summed E-state index contributed by atoms with van der Waals surface area (Å²) < 4.78 is 17.6. The van der Waals surface area contributed by atoms with Crippen LogP contribution in [0.4, 0.5) is 0 Å². The second-order valence-corrected chi connectivity index (χ2v) is 11.1. The zero-order chi connectivity index (χ0) is 30.2. The third kappa shape index (κ3) is 7.42. The minimum Gasteiger partial charge on any atom is -0.493 e. The zero-order valence-electron chi connectivity index (χ0n) is 23.5. The number of fused-ring (bicyclic) bond motifs is 1. The first kappa shape index (κ1) is 31.8. The first-order valence-electron chi connectivity index (χ1n) is 13.6. The molecule has 4 rings (SSSR count). The van der Waals surface area contributed by atoms with E-state index in [1.54, 1.807) is 23.1 Å². The molecule has 2 aromatic carbocycles. The van der Waals surface area contributed by atoms with Crippen molar-refractivity contribution in [3.63, 3.8) is 0 Å². The molecule has 3 atom stereocenters. The number of amides is 2. The lowest BCUT2D eigenvalue weighted by Gasteiger charge is -2.40. The summed E-state index contributed by atoms with van der Waals surface area (Å²) in [6.07, 6.45) is -0.144. The molecular formula is C30H36IN3O8. The van der Waals surface area contributed by atoms with Crippen LogP contribution in [0.3, 0.4) is 0 Å². The molecular weight excluding hydrogens is 657 g/mol. The Bertz CT molecular complexity index is 1390. The number of H-pyrrole nitrogens is 1. The molecule has 0 saturated heterocycles. The number of carbonyl (C=O) groups excluding carboxylic acids is 2. The highest BCUT2D eigenvalue weighted by atomic mass is 127. The highest BCUT2D eigenvalue weighted by Gasteiger charge is 2.41. The van der Waals surface area contributed by atoms with Gasteiger partial charge in [0.05, 0.1) is 29.9 Å².